The van der Waals surface area contributed by atoms with E-state index in [-0.39, 0.29) is 12.0 Å². The molecule has 0 bridgehead atoms. The molecule has 0 radical (unpaired) electrons. The van der Waals surface area contributed by atoms with Crippen LogP contribution in [0.3, 0.4) is 0 Å². The standard InChI is InChI=1S/C20H20N2O7/c1-9-8-28-18-11(3)19-13(4-12(9)18)10(2)14(20(27)29-19)5-15(23)21-6-16(24)22-7-17(25)26/h4,8H,5-7H2,1-3H3,(H,21,23)(H,22,24)(H,25,26). The summed E-state index contributed by atoms with van der Waals surface area (Å²) in [7, 11) is 0. The summed E-state index contributed by atoms with van der Waals surface area (Å²) < 4.78 is 11.0. The fourth-order valence-electron chi connectivity index (χ4n) is 3.16. The monoisotopic (exact) mass is 400 g/mol. The summed E-state index contributed by atoms with van der Waals surface area (Å²) in [6.45, 7) is 4.52. The van der Waals surface area contributed by atoms with Crippen molar-refractivity contribution in [1.29, 1.82) is 0 Å². The van der Waals surface area contributed by atoms with Gasteiger partial charge in [0, 0.05) is 16.3 Å². The first kappa shape index (κ1) is 20.1. The molecule has 0 aliphatic carbocycles. The molecule has 2 heterocycles. The lowest BCUT2D eigenvalue weighted by atomic mass is 9.99. The van der Waals surface area contributed by atoms with Gasteiger partial charge in [0.15, 0.2) is 0 Å². The smallest absolute Gasteiger partial charge is 0.340 e. The van der Waals surface area contributed by atoms with Crippen molar-refractivity contribution in [1.82, 2.24) is 10.6 Å². The Balaban J connectivity index is 1.86. The zero-order valence-corrected chi connectivity index (χ0v) is 16.2. The molecule has 0 atom stereocenters. The Hall–Kier alpha value is -3.62. The first-order valence-electron chi connectivity index (χ1n) is 8.88. The highest BCUT2D eigenvalue weighted by molar-refractivity contribution is 6.00. The second kappa shape index (κ2) is 7.78. The van der Waals surface area contributed by atoms with E-state index in [4.69, 9.17) is 13.9 Å². The number of amides is 2. The lowest BCUT2D eigenvalue weighted by Crippen LogP contribution is -2.39. The maximum absolute atomic E-state index is 12.5. The molecule has 0 aliphatic heterocycles. The summed E-state index contributed by atoms with van der Waals surface area (Å²) in [4.78, 5) is 46.6. The summed E-state index contributed by atoms with van der Waals surface area (Å²) >= 11 is 0. The Labute approximate surface area is 164 Å². The Morgan fingerprint density at radius 1 is 0.966 bits per heavy atom. The van der Waals surface area contributed by atoms with Crippen LogP contribution in [0.25, 0.3) is 21.9 Å². The number of carbonyl (C=O) groups excluding carboxylic acids is 2. The number of rotatable bonds is 6. The van der Waals surface area contributed by atoms with Crippen LogP contribution in [0.1, 0.15) is 22.3 Å². The SMILES string of the molecule is Cc1coc2c(C)c3oc(=O)c(CC(=O)NCC(=O)NCC(=O)O)c(C)c3cc12. The molecular weight excluding hydrogens is 380 g/mol. The summed E-state index contributed by atoms with van der Waals surface area (Å²) in [6.07, 6.45) is 1.37. The molecule has 29 heavy (non-hydrogen) atoms. The number of aryl methyl sites for hydroxylation is 3. The molecule has 2 aromatic heterocycles. The van der Waals surface area contributed by atoms with Gasteiger partial charge in [-0.15, -0.1) is 0 Å². The zero-order valence-electron chi connectivity index (χ0n) is 16.2. The van der Waals surface area contributed by atoms with Gasteiger partial charge in [-0.3, -0.25) is 14.4 Å². The number of carbonyl (C=O) groups is 3. The summed E-state index contributed by atoms with van der Waals surface area (Å²) in [5, 5.41) is 14.6. The minimum absolute atomic E-state index is 0.195. The topological polar surface area (TPSA) is 139 Å². The van der Waals surface area contributed by atoms with Crippen LogP contribution in [0, 0.1) is 20.8 Å². The van der Waals surface area contributed by atoms with Gasteiger partial charge in [-0.05, 0) is 38.0 Å². The molecule has 9 nitrogen and oxygen atoms in total. The Morgan fingerprint density at radius 3 is 2.34 bits per heavy atom. The van der Waals surface area contributed by atoms with Gasteiger partial charge >= 0.3 is 11.6 Å². The van der Waals surface area contributed by atoms with Crippen LogP contribution in [0.4, 0.5) is 0 Å². The van der Waals surface area contributed by atoms with Crippen LogP contribution < -0.4 is 16.3 Å². The third-order valence-corrected chi connectivity index (χ3v) is 4.76. The summed E-state index contributed by atoms with van der Waals surface area (Å²) in [6, 6.07) is 1.87. The van der Waals surface area contributed by atoms with Crippen LogP contribution in [-0.2, 0) is 20.8 Å². The molecule has 2 amide bonds. The molecule has 0 aliphatic rings. The number of hydrogen-bond donors (Lipinski definition) is 3. The van der Waals surface area contributed by atoms with Crippen molar-refractivity contribution in [3.05, 3.63) is 45.0 Å². The first-order valence-corrected chi connectivity index (χ1v) is 8.88. The van der Waals surface area contributed by atoms with Crippen molar-refractivity contribution in [2.45, 2.75) is 27.2 Å². The van der Waals surface area contributed by atoms with Crippen molar-refractivity contribution in [3.63, 3.8) is 0 Å². The molecular formula is C20H20N2O7. The predicted octanol–water partition coefficient (Wildman–Crippen LogP) is 1.32. The van der Waals surface area contributed by atoms with Gasteiger partial charge in [-0.1, -0.05) is 0 Å². The van der Waals surface area contributed by atoms with E-state index in [9.17, 15) is 19.2 Å². The van der Waals surface area contributed by atoms with Crippen molar-refractivity contribution in [2.24, 2.45) is 0 Å². The molecule has 0 spiro atoms. The highest BCUT2D eigenvalue weighted by atomic mass is 16.4. The third kappa shape index (κ3) is 3.98. The van der Waals surface area contributed by atoms with Gasteiger partial charge in [0.25, 0.3) is 0 Å². The Morgan fingerprint density at radius 2 is 1.66 bits per heavy atom. The zero-order chi connectivity index (χ0) is 21.3. The van der Waals surface area contributed by atoms with Crippen molar-refractivity contribution in [2.75, 3.05) is 13.1 Å². The van der Waals surface area contributed by atoms with Crippen molar-refractivity contribution in [3.8, 4) is 0 Å². The molecule has 3 rings (SSSR count). The van der Waals surface area contributed by atoms with Crippen LogP contribution in [0.15, 0.2) is 26.0 Å². The lowest BCUT2D eigenvalue weighted by molar-refractivity contribution is -0.137. The maximum atomic E-state index is 12.5. The van der Waals surface area contributed by atoms with Crippen molar-refractivity contribution >= 4 is 39.7 Å². The van der Waals surface area contributed by atoms with Gasteiger partial charge in [0.05, 0.1) is 24.8 Å². The van der Waals surface area contributed by atoms with Gasteiger partial charge in [-0.25, -0.2) is 4.79 Å². The number of nitrogens with one attached hydrogen (secondary N) is 2. The third-order valence-electron chi connectivity index (χ3n) is 4.76. The highest BCUT2D eigenvalue weighted by Crippen LogP contribution is 2.32. The van der Waals surface area contributed by atoms with Crippen LogP contribution in [0.5, 0.6) is 0 Å². The Kier molecular flexibility index (Phi) is 5.40. The van der Waals surface area contributed by atoms with E-state index in [1.54, 1.807) is 20.1 Å². The summed E-state index contributed by atoms with van der Waals surface area (Å²) in [5.41, 5.74) is 2.89. The first-order chi connectivity index (χ1) is 13.7. The van der Waals surface area contributed by atoms with Crippen LogP contribution >= 0.6 is 0 Å². The number of aliphatic carboxylic acids is 1. The van der Waals surface area contributed by atoms with Gasteiger partial charge < -0.3 is 24.6 Å². The molecule has 0 saturated carbocycles. The molecule has 0 saturated heterocycles. The minimum Gasteiger partial charge on any atom is -0.480 e. The fraction of sp³-hybridized carbons (Fsp3) is 0.300. The van der Waals surface area contributed by atoms with E-state index < -0.39 is 36.5 Å². The second-order valence-electron chi connectivity index (χ2n) is 6.79. The molecule has 9 heteroatoms. The van der Waals surface area contributed by atoms with Gasteiger partial charge in [-0.2, -0.15) is 0 Å². The molecule has 1 aromatic carbocycles. The Bertz CT molecular complexity index is 1200. The number of benzene rings is 1. The average molecular weight is 400 g/mol. The van der Waals surface area contributed by atoms with E-state index in [2.05, 4.69) is 10.6 Å². The number of fused-ring (bicyclic) bond motifs is 2. The number of hydrogen-bond acceptors (Lipinski definition) is 6. The number of furan rings is 1. The molecule has 152 valence electrons. The van der Waals surface area contributed by atoms with Gasteiger partial charge in [0.2, 0.25) is 11.8 Å². The minimum atomic E-state index is -1.19. The average Bonchev–Trinajstić information content (AvgIpc) is 3.04. The number of carboxylic acids is 1. The largest absolute Gasteiger partial charge is 0.480 e. The lowest BCUT2D eigenvalue weighted by Gasteiger charge is -2.10. The van der Waals surface area contributed by atoms with E-state index in [0.29, 0.717) is 27.7 Å². The van der Waals surface area contributed by atoms with Crippen LogP contribution in [0.2, 0.25) is 0 Å². The summed E-state index contributed by atoms with van der Waals surface area (Å²) in [5.74, 6) is -2.38. The van der Waals surface area contributed by atoms with Crippen LogP contribution in [-0.4, -0.2) is 36.0 Å². The normalized spacial score (nSPS) is 11.0. The fourth-order valence-corrected chi connectivity index (χ4v) is 3.16. The van der Waals surface area contributed by atoms with E-state index in [0.717, 1.165) is 10.9 Å². The van der Waals surface area contributed by atoms with E-state index in [1.807, 2.05) is 13.0 Å². The highest BCUT2D eigenvalue weighted by Gasteiger charge is 2.19. The molecule has 3 aromatic rings. The molecule has 3 N–H and O–H groups in total. The molecule has 0 fully saturated rings. The van der Waals surface area contributed by atoms with Crippen molar-refractivity contribution < 1.29 is 28.3 Å². The van der Waals surface area contributed by atoms with E-state index >= 15 is 0 Å². The molecule has 0 unspecified atom stereocenters. The van der Waals surface area contributed by atoms with Gasteiger partial charge in [0.1, 0.15) is 17.7 Å². The maximum Gasteiger partial charge on any atom is 0.340 e. The van der Waals surface area contributed by atoms with E-state index in [1.165, 1.54) is 0 Å². The second-order valence-corrected chi connectivity index (χ2v) is 6.79. The number of carboxylic acid groups (broad SMARTS) is 1. The quantitative estimate of drug-likeness (QED) is 0.530. The predicted molar refractivity (Wildman–Crippen MR) is 104 cm³/mol.